The summed E-state index contributed by atoms with van der Waals surface area (Å²) in [7, 11) is 0. The fourth-order valence-electron chi connectivity index (χ4n) is 1.48. The molecule has 1 aromatic rings. The zero-order valence-electron chi connectivity index (χ0n) is 8.50. The van der Waals surface area contributed by atoms with Gasteiger partial charge in [0.2, 0.25) is 5.91 Å². The van der Waals surface area contributed by atoms with Crippen molar-refractivity contribution in [3.05, 3.63) is 34.3 Å². The van der Waals surface area contributed by atoms with Crippen LogP contribution >= 0.6 is 15.9 Å². The van der Waals surface area contributed by atoms with Gasteiger partial charge in [0, 0.05) is 16.9 Å². The van der Waals surface area contributed by atoms with Gasteiger partial charge < -0.3 is 5.32 Å². The van der Waals surface area contributed by atoms with Gasteiger partial charge in [-0.1, -0.05) is 34.1 Å². The summed E-state index contributed by atoms with van der Waals surface area (Å²) < 4.78 is 1.09. The monoisotopic (exact) mass is 267 g/mol. The van der Waals surface area contributed by atoms with Crippen molar-refractivity contribution in [1.29, 1.82) is 0 Å². The molecule has 0 saturated heterocycles. The van der Waals surface area contributed by atoms with E-state index in [1.807, 2.05) is 18.2 Å². The van der Waals surface area contributed by atoms with Crippen molar-refractivity contribution < 1.29 is 4.79 Å². The first-order valence-electron chi connectivity index (χ1n) is 5.28. The van der Waals surface area contributed by atoms with Crippen LogP contribution in [0.15, 0.2) is 28.7 Å². The van der Waals surface area contributed by atoms with E-state index >= 15 is 0 Å². The molecule has 1 amide bonds. The maximum absolute atomic E-state index is 11.5. The van der Waals surface area contributed by atoms with Crippen molar-refractivity contribution in [2.45, 2.75) is 31.7 Å². The normalized spacial score (nSPS) is 15.0. The molecule has 1 saturated carbocycles. The Labute approximate surface area is 98.2 Å². The number of amides is 1. The maximum Gasteiger partial charge on any atom is 0.220 e. The number of hydrogen-bond donors (Lipinski definition) is 1. The molecular formula is C12H14BrNO. The topological polar surface area (TPSA) is 29.1 Å². The van der Waals surface area contributed by atoms with Gasteiger partial charge in [0.05, 0.1) is 0 Å². The first-order chi connectivity index (χ1) is 7.25. The number of carbonyl (C=O) groups is 1. The highest BCUT2D eigenvalue weighted by Crippen LogP contribution is 2.20. The van der Waals surface area contributed by atoms with Gasteiger partial charge in [0.25, 0.3) is 0 Å². The lowest BCUT2D eigenvalue weighted by Crippen LogP contribution is -2.25. The summed E-state index contributed by atoms with van der Waals surface area (Å²) in [5, 5.41) is 2.99. The molecule has 0 heterocycles. The van der Waals surface area contributed by atoms with E-state index < -0.39 is 0 Å². The van der Waals surface area contributed by atoms with E-state index in [0.717, 1.165) is 23.7 Å². The number of carbonyl (C=O) groups excluding carboxylic acids is 1. The van der Waals surface area contributed by atoms with Crippen molar-refractivity contribution in [2.75, 3.05) is 0 Å². The number of hydrogen-bond acceptors (Lipinski definition) is 1. The van der Waals surface area contributed by atoms with Gasteiger partial charge in [-0.2, -0.15) is 0 Å². The van der Waals surface area contributed by atoms with Gasteiger partial charge in [-0.15, -0.1) is 0 Å². The fourth-order valence-corrected chi connectivity index (χ4v) is 1.96. The van der Waals surface area contributed by atoms with Crippen molar-refractivity contribution >= 4 is 21.8 Å². The molecule has 1 N–H and O–H groups in total. The highest BCUT2D eigenvalue weighted by atomic mass is 79.9. The van der Waals surface area contributed by atoms with Crippen LogP contribution in [0.2, 0.25) is 0 Å². The molecule has 0 aliphatic heterocycles. The molecule has 0 bridgehead atoms. The predicted molar refractivity (Wildman–Crippen MR) is 63.6 cm³/mol. The SMILES string of the molecule is O=C(CCc1ccccc1Br)NC1CC1. The Kier molecular flexibility index (Phi) is 3.41. The molecule has 0 aromatic heterocycles. The largest absolute Gasteiger partial charge is 0.353 e. The average Bonchev–Trinajstić information content (AvgIpc) is 3.00. The Morgan fingerprint density at radius 2 is 2.13 bits per heavy atom. The quantitative estimate of drug-likeness (QED) is 0.893. The van der Waals surface area contributed by atoms with E-state index in [0.29, 0.717) is 12.5 Å². The lowest BCUT2D eigenvalue weighted by atomic mass is 10.1. The number of nitrogens with one attached hydrogen (secondary N) is 1. The van der Waals surface area contributed by atoms with Crippen LogP contribution in [0.4, 0.5) is 0 Å². The Balaban J connectivity index is 1.81. The summed E-state index contributed by atoms with van der Waals surface area (Å²) in [6.07, 6.45) is 3.70. The van der Waals surface area contributed by atoms with Crippen LogP contribution in [0.5, 0.6) is 0 Å². The zero-order valence-corrected chi connectivity index (χ0v) is 10.1. The maximum atomic E-state index is 11.5. The Hall–Kier alpha value is -0.830. The van der Waals surface area contributed by atoms with Crippen LogP contribution in [0.3, 0.4) is 0 Å². The molecular weight excluding hydrogens is 254 g/mol. The van der Waals surface area contributed by atoms with E-state index in [2.05, 4.69) is 27.3 Å². The molecule has 1 aromatic carbocycles. The second kappa shape index (κ2) is 4.79. The molecule has 1 aliphatic carbocycles. The summed E-state index contributed by atoms with van der Waals surface area (Å²) in [6.45, 7) is 0. The minimum atomic E-state index is 0.174. The number of rotatable bonds is 4. The fraction of sp³-hybridized carbons (Fsp3) is 0.417. The summed E-state index contributed by atoms with van der Waals surface area (Å²) in [4.78, 5) is 11.5. The number of benzene rings is 1. The Morgan fingerprint density at radius 3 is 2.80 bits per heavy atom. The van der Waals surface area contributed by atoms with Crippen LogP contribution in [0.1, 0.15) is 24.8 Å². The molecule has 0 radical (unpaired) electrons. The summed E-state index contributed by atoms with van der Waals surface area (Å²) in [5.41, 5.74) is 1.20. The molecule has 1 fully saturated rings. The lowest BCUT2D eigenvalue weighted by Gasteiger charge is -2.04. The van der Waals surface area contributed by atoms with E-state index in [4.69, 9.17) is 0 Å². The highest BCUT2D eigenvalue weighted by molar-refractivity contribution is 9.10. The molecule has 2 rings (SSSR count). The second-order valence-corrected chi connectivity index (χ2v) is 4.79. The minimum absolute atomic E-state index is 0.174. The van der Waals surface area contributed by atoms with Crippen molar-refractivity contribution in [3.63, 3.8) is 0 Å². The van der Waals surface area contributed by atoms with Gasteiger partial charge >= 0.3 is 0 Å². The van der Waals surface area contributed by atoms with Gasteiger partial charge in [-0.05, 0) is 30.9 Å². The highest BCUT2D eigenvalue weighted by Gasteiger charge is 2.22. The van der Waals surface area contributed by atoms with Gasteiger partial charge in [0.15, 0.2) is 0 Å². The van der Waals surface area contributed by atoms with E-state index in [-0.39, 0.29) is 5.91 Å². The predicted octanol–water partition coefficient (Wildman–Crippen LogP) is 2.66. The van der Waals surface area contributed by atoms with Gasteiger partial charge in [-0.3, -0.25) is 4.79 Å². The van der Waals surface area contributed by atoms with E-state index in [9.17, 15) is 4.79 Å². The Morgan fingerprint density at radius 1 is 1.40 bits per heavy atom. The van der Waals surface area contributed by atoms with Crippen LogP contribution in [-0.2, 0) is 11.2 Å². The molecule has 0 atom stereocenters. The number of halogens is 1. The van der Waals surface area contributed by atoms with Gasteiger partial charge in [-0.25, -0.2) is 0 Å². The molecule has 0 unspecified atom stereocenters. The molecule has 3 heteroatoms. The first-order valence-corrected chi connectivity index (χ1v) is 6.08. The molecule has 1 aliphatic rings. The third-order valence-corrected chi connectivity index (χ3v) is 3.30. The van der Waals surface area contributed by atoms with E-state index in [1.165, 1.54) is 5.56 Å². The van der Waals surface area contributed by atoms with Crippen LogP contribution < -0.4 is 5.32 Å². The second-order valence-electron chi connectivity index (χ2n) is 3.93. The van der Waals surface area contributed by atoms with Crippen LogP contribution in [0, 0.1) is 0 Å². The lowest BCUT2D eigenvalue weighted by molar-refractivity contribution is -0.121. The van der Waals surface area contributed by atoms with Crippen molar-refractivity contribution in [2.24, 2.45) is 0 Å². The zero-order chi connectivity index (χ0) is 10.7. The van der Waals surface area contributed by atoms with Crippen molar-refractivity contribution in [1.82, 2.24) is 5.32 Å². The average molecular weight is 268 g/mol. The summed E-state index contributed by atoms with van der Waals surface area (Å²) in [5.74, 6) is 0.174. The standard InChI is InChI=1S/C12H14BrNO/c13-11-4-2-1-3-9(11)5-8-12(15)14-10-6-7-10/h1-4,10H,5-8H2,(H,14,15). The Bertz CT molecular complexity index is 360. The van der Waals surface area contributed by atoms with Crippen molar-refractivity contribution in [3.8, 4) is 0 Å². The molecule has 2 nitrogen and oxygen atoms in total. The first kappa shape index (κ1) is 10.7. The minimum Gasteiger partial charge on any atom is -0.353 e. The van der Waals surface area contributed by atoms with E-state index in [1.54, 1.807) is 0 Å². The molecule has 15 heavy (non-hydrogen) atoms. The summed E-state index contributed by atoms with van der Waals surface area (Å²) in [6, 6.07) is 8.51. The van der Waals surface area contributed by atoms with Crippen LogP contribution in [0.25, 0.3) is 0 Å². The third-order valence-electron chi connectivity index (χ3n) is 2.52. The smallest absolute Gasteiger partial charge is 0.220 e. The summed E-state index contributed by atoms with van der Waals surface area (Å²) >= 11 is 3.48. The van der Waals surface area contributed by atoms with Gasteiger partial charge in [0.1, 0.15) is 0 Å². The molecule has 80 valence electrons. The van der Waals surface area contributed by atoms with Crippen LogP contribution in [-0.4, -0.2) is 11.9 Å². The molecule has 0 spiro atoms. The number of aryl methyl sites for hydroxylation is 1. The third kappa shape index (κ3) is 3.34.